The minimum atomic E-state index is -0.123. The molecule has 0 heterocycles. The molecule has 98 valence electrons. The highest BCUT2D eigenvalue weighted by atomic mass is 16.2. The Bertz CT molecular complexity index is 268. The molecule has 1 saturated carbocycles. The van der Waals surface area contributed by atoms with Gasteiger partial charge in [0.25, 0.3) is 0 Å². The summed E-state index contributed by atoms with van der Waals surface area (Å²) in [6, 6.07) is 0. The number of nitrogens with two attached hydrogens (primary N) is 1. The molecule has 0 aromatic heterocycles. The molecule has 0 aromatic rings. The van der Waals surface area contributed by atoms with Crippen LogP contribution in [0.4, 0.5) is 0 Å². The second-order valence-corrected chi connectivity index (χ2v) is 4.60. The van der Waals surface area contributed by atoms with Crippen molar-refractivity contribution in [3.05, 3.63) is 0 Å². The van der Waals surface area contributed by atoms with Crippen LogP contribution < -0.4 is 16.4 Å². The van der Waals surface area contributed by atoms with Crippen LogP contribution in [0.15, 0.2) is 0 Å². The molecule has 17 heavy (non-hydrogen) atoms. The highest BCUT2D eigenvalue weighted by molar-refractivity contribution is 5.86. The van der Waals surface area contributed by atoms with Gasteiger partial charge < -0.3 is 16.4 Å². The average molecular weight is 241 g/mol. The summed E-state index contributed by atoms with van der Waals surface area (Å²) in [6.45, 7) is 3.28. The minimum Gasteiger partial charge on any atom is -0.355 e. The highest BCUT2D eigenvalue weighted by Gasteiger charge is 2.31. The number of hydrogen-bond acceptors (Lipinski definition) is 3. The van der Waals surface area contributed by atoms with Crippen molar-refractivity contribution in [2.24, 2.45) is 17.6 Å². The van der Waals surface area contributed by atoms with E-state index < -0.39 is 0 Å². The normalized spacial score (nSPS) is 23.4. The predicted octanol–water partition coefficient (Wildman–Crippen LogP) is 0.00380. The van der Waals surface area contributed by atoms with E-state index in [4.69, 9.17) is 5.73 Å². The maximum absolute atomic E-state index is 11.8. The number of amides is 2. The molecule has 1 aliphatic carbocycles. The average Bonchev–Trinajstić information content (AvgIpc) is 2.81. The first kappa shape index (κ1) is 14.0. The summed E-state index contributed by atoms with van der Waals surface area (Å²) in [6.07, 6.45) is 3.88. The zero-order valence-corrected chi connectivity index (χ0v) is 10.5. The second-order valence-electron chi connectivity index (χ2n) is 4.60. The van der Waals surface area contributed by atoms with Crippen molar-refractivity contribution in [1.29, 1.82) is 0 Å². The minimum absolute atomic E-state index is 0.000949. The van der Waals surface area contributed by atoms with Crippen LogP contribution in [-0.4, -0.2) is 31.4 Å². The summed E-state index contributed by atoms with van der Waals surface area (Å²) in [5.41, 5.74) is 5.62. The van der Waals surface area contributed by atoms with Crippen molar-refractivity contribution in [2.75, 3.05) is 19.6 Å². The Morgan fingerprint density at radius 3 is 2.71 bits per heavy atom. The van der Waals surface area contributed by atoms with Gasteiger partial charge in [-0.3, -0.25) is 9.59 Å². The number of carbonyl (C=O) groups is 2. The molecule has 4 N–H and O–H groups in total. The summed E-state index contributed by atoms with van der Waals surface area (Å²) in [5.74, 6) is 0.139. The molecule has 0 radical (unpaired) electrons. The van der Waals surface area contributed by atoms with Crippen LogP contribution in [0, 0.1) is 11.8 Å². The number of nitrogens with one attached hydrogen (secondary N) is 2. The van der Waals surface area contributed by atoms with E-state index in [1.54, 1.807) is 0 Å². The fourth-order valence-corrected chi connectivity index (χ4v) is 2.29. The Morgan fingerprint density at radius 1 is 1.29 bits per heavy atom. The van der Waals surface area contributed by atoms with Crippen molar-refractivity contribution in [2.45, 2.75) is 32.6 Å². The summed E-state index contributed by atoms with van der Waals surface area (Å²) in [4.78, 5) is 23.2. The lowest BCUT2D eigenvalue weighted by molar-refractivity contribution is -0.129. The smallest absolute Gasteiger partial charge is 0.239 e. The van der Waals surface area contributed by atoms with Gasteiger partial charge in [0.15, 0.2) is 0 Å². The summed E-state index contributed by atoms with van der Waals surface area (Å²) in [5, 5.41) is 5.42. The monoisotopic (exact) mass is 241 g/mol. The van der Waals surface area contributed by atoms with Gasteiger partial charge in [-0.2, -0.15) is 0 Å². The number of hydrogen-bond donors (Lipinski definition) is 3. The molecule has 1 aliphatic rings. The lowest BCUT2D eigenvalue weighted by Gasteiger charge is -2.17. The van der Waals surface area contributed by atoms with Crippen molar-refractivity contribution >= 4 is 11.8 Å². The third-order valence-corrected chi connectivity index (χ3v) is 3.29. The van der Waals surface area contributed by atoms with Crippen molar-refractivity contribution in [3.63, 3.8) is 0 Å². The quantitative estimate of drug-likeness (QED) is 0.612. The Kier molecular flexibility index (Phi) is 5.97. The van der Waals surface area contributed by atoms with Gasteiger partial charge in [-0.25, -0.2) is 0 Å². The first-order valence-electron chi connectivity index (χ1n) is 6.43. The van der Waals surface area contributed by atoms with Gasteiger partial charge in [0, 0.05) is 12.5 Å². The molecule has 2 unspecified atom stereocenters. The van der Waals surface area contributed by atoms with E-state index in [2.05, 4.69) is 10.6 Å². The van der Waals surface area contributed by atoms with E-state index >= 15 is 0 Å². The molecule has 5 nitrogen and oxygen atoms in total. The van der Waals surface area contributed by atoms with Crippen LogP contribution >= 0.6 is 0 Å². The maximum atomic E-state index is 11.8. The van der Waals surface area contributed by atoms with E-state index in [9.17, 15) is 9.59 Å². The van der Waals surface area contributed by atoms with Gasteiger partial charge in [0.1, 0.15) is 0 Å². The van der Waals surface area contributed by atoms with E-state index in [1.807, 2.05) is 6.92 Å². The zero-order valence-electron chi connectivity index (χ0n) is 10.5. The molecular weight excluding hydrogens is 218 g/mol. The molecule has 5 heteroatoms. The molecule has 0 bridgehead atoms. The van der Waals surface area contributed by atoms with Gasteiger partial charge in [-0.1, -0.05) is 13.3 Å². The van der Waals surface area contributed by atoms with Crippen molar-refractivity contribution in [1.82, 2.24) is 10.6 Å². The third-order valence-electron chi connectivity index (χ3n) is 3.29. The van der Waals surface area contributed by atoms with Crippen molar-refractivity contribution < 1.29 is 9.59 Å². The van der Waals surface area contributed by atoms with Crippen molar-refractivity contribution in [3.8, 4) is 0 Å². The molecule has 0 aromatic carbocycles. The summed E-state index contributed by atoms with van der Waals surface area (Å²) < 4.78 is 0. The Morgan fingerprint density at radius 2 is 2.06 bits per heavy atom. The molecule has 0 aliphatic heterocycles. The standard InChI is InChI=1S/C12H23N3O2/c1-2-6-14-11(16)8-15-12(17)10-5-3-4-9(10)7-13/h9-10H,2-8,13H2,1H3,(H,14,16)(H,15,17). The summed E-state index contributed by atoms with van der Waals surface area (Å²) in [7, 11) is 0. The van der Waals surface area contributed by atoms with Gasteiger partial charge in [0.05, 0.1) is 6.54 Å². The van der Waals surface area contributed by atoms with Crippen LogP contribution in [0.3, 0.4) is 0 Å². The fourth-order valence-electron chi connectivity index (χ4n) is 2.29. The lowest BCUT2D eigenvalue weighted by atomic mass is 9.95. The second kappa shape index (κ2) is 7.27. The van der Waals surface area contributed by atoms with Crippen LogP contribution in [0.1, 0.15) is 32.6 Å². The van der Waals surface area contributed by atoms with Crippen LogP contribution in [0.2, 0.25) is 0 Å². The highest BCUT2D eigenvalue weighted by Crippen LogP contribution is 2.30. The Labute approximate surface area is 103 Å². The van der Waals surface area contributed by atoms with E-state index in [0.717, 1.165) is 25.7 Å². The lowest BCUT2D eigenvalue weighted by Crippen LogP contribution is -2.41. The zero-order chi connectivity index (χ0) is 12.7. The largest absolute Gasteiger partial charge is 0.355 e. The number of carbonyl (C=O) groups excluding carboxylic acids is 2. The molecule has 0 spiro atoms. The maximum Gasteiger partial charge on any atom is 0.239 e. The van der Waals surface area contributed by atoms with Gasteiger partial charge in [0.2, 0.25) is 11.8 Å². The first-order chi connectivity index (χ1) is 8.19. The van der Waals surface area contributed by atoms with Gasteiger partial charge in [-0.15, -0.1) is 0 Å². The molecular formula is C12H23N3O2. The Balaban J connectivity index is 2.27. The summed E-state index contributed by atoms with van der Waals surface area (Å²) >= 11 is 0. The van der Waals surface area contributed by atoms with E-state index in [-0.39, 0.29) is 30.2 Å². The molecule has 2 atom stereocenters. The first-order valence-corrected chi connectivity index (χ1v) is 6.43. The predicted molar refractivity (Wildman–Crippen MR) is 66.2 cm³/mol. The molecule has 0 saturated heterocycles. The SMILES string of the molecule is CCCNC(=O)CNC(=O)C1CCCC1CN. The van der Waals surface area contributed by atoms with Crippen LogP contribution in [-0.2, 0) is 9.59 Å². The molecule has 2 amide bonds. The fraction of sp³-hybridized carbons (Fsp3) is 0.833. The Hall–Kier alpha value is -1.10. The topological polar surface area (TPSA) is 84.2 Å². The van der Waals surface area contributed by atoms with Gasteiger partial charge in [-0.05, 0) is 31.7 Å². The van der Waals surface area contributed by atoms with E-state index in [1.165, 1.54) is 0 Å². The molecule has 1 fully saturated rings. The number of rotatable bonds is 6. The molecule has 1 rings (SSSR count). The van der Waals surface area contributed by atoms with Crippen LogP contribution in [0.5, 0.6) is 0 Å². The van der Waals surface area contributed by atoms with Crippen LogP contribution in [0.25, 0.3) is 0 Å². The van der Waals surface area contributed by atoms with Gasteiger partial charge >= 0.3 is 0 Å². The third kappa shape index (κ3) is 4.34. The van der Waals surface area contributed by atoms with E-state index in [0.29, 0.717) is 13.1 Å².